The molecule has 0 bridgehead atoms. The van der Waals surface area contributed by atoms with Crippen molar-refractivity contribution in [1.82, 2.24) is 9.38 Å². The Morgan fingerprint density at radius 1 is 1.11 bits per heavy atom. The van der Waals surface area contributed by atoms with E-state index in [4.69, 9.17) is 24.7 Å². The number of imidazole rings is 1. The Balaban J connectivity index is 2.08. The highest BCUT2D eigenvalue weighted by Crippen LogP contribution is 2.49. The second-order valence-corrected chi connectivity index (χ2v) is 9.91. The van der Waals surface area contributed by atoms with Gasteiger partial charge in [-0.3, -0.25) is 14.5 Å². The molecule has 3 aromatic rings. The minimum atomic E-state index is -2.98. The second kappa shape index (κ2) is 10.0. The maximum Gasteiger partial charge on any atom is 0.311 e. The number of nitrogens with zero attached hydrogens (tertiary/aromatic N) is 3. The number of esters is 1. The van der Waals surface area contributed by atoms with Crippen molar-refractivity contribution in [2.75, 3.05) is 25.1 Å². The molecule has 3 atom stereocenters. The summed E-state index contributed by atoms with van der Waals surface area (Å²) in [6.07, 6.45) is -0.873. The molecule has 0 spiro atoms. The van der Waals surface area contributed by atoms with Crippen LogP contribution >= 0.6 is 0 Å². The van der Waals surface area contributed by atoms with Crippen LogP contribution in [0, 0.1) is 19.3 Å². The van der Waals surface area contributed by atoms with E-state index in [9.17, 15) is 9.59 Å². The minimum Gasteiger partial charge on any atom is -0.456 e. The van der Waals surface area contributed by atoms with Crippen molar-refractivity contribution in [3.05, 3.63) is 65.1 Å². The van der Waals surface area contributed by atoms with Crippen LogP contribution in [0.3, 0.4) is 0 Å². The first-order valence-electron chi connectivity index (χ1n) is 13.8. The van der Waals surface area contributed by atoms with Crippen LogP contribution < -0.4 is 4.90 Å². The normalized spacial score (nSPS) is 22.3. The lowest BCUT2D eigenvalue weighted by Gasteiger charge is -2.45. The Morgan fingerprint density at radius 3 is 2.42 bits per heavy atom. The molecule has 0 unspecified atom stereocenters. The summed E-state index contributed by atoms with van der Waals surface area (Å²) in [5.41, 5.74) is 2.38. The molecule has 3 heterocycles. The molecule has 36 heavy (non-hydrogen) atoms. The van der Waals surface area contributed by atoms with Crippen molar-refractivity contribution in [2.45, 2.75) is 59.8 Å². The lowest BCUT2D eigenvalue weighted by atomic mass is 9.86. The maximum atomic E-state index is 13.5. The predicted molar refractivity (Wildman–Crippen MR) is 137 cm³/mol. The highest BCUT2D eigenvalue weighted by atomic mass is 16.6. The summed E-state index contributed by atoms with van der Waals surface area (Å²) in [7, 11) is 1.04. The van der Waals surface area contributed by atoms with Crippen LogP contribution in [0.4, 0.5) is 5.69 Å². The Labute approximate surface area is 217 Å². The van der Waals surface area contributed by atoms with Gasteiger partial charge in [0, 0.05) is 31.5 Å². The third-order valence-electron chi connectivity index (χ3n) is 6.38. The van der Waals surface area contributed by atoms with E-state index in [1.54, 1.807) is 57.3 Å². The molecule has 1 aliphatic heterocycles. The van der Waals surface area contributed by atoms with Gasteiger partial charge in [-0.05, 0) is 46.2 Å². The highest BCUT2D eigenvalue weighted by Gasteiger charge is 2.48. The van der Waals surface area contributed by atoms with E-state index in [-0.39, 0.29) is 5.91 Å². The smallest absolute Gasteiger partial charge is 0.311 e. The number of aromatic nitrogens is 2. The second-order valence-electron chi connectivity index (χ2n) is 9.91. The van der Waals surface area contributed by atoms with Gasteiger partial charge in [0.2, 0.25) is 5.91 Å². The molecule has 2 aromatic heterocycles. The number of carbonyl (C=O) groups is 2. The van der Waals surface area contributed by atoms with E-state index >= 15 is 0 Å². The standard InChI is InChI=1S/C28H35N3O5/c1-17-18(2)30-14-13-21-23(26(30)29-17)31(19(3)32)22(20-11-9-8-10-12-20)25(24(21)35-16-15-34-7)36-27(33)28(4,5)6/h8-14,22,24-25H,15-16H2,1-7H3/t22-,24-,25-/m1/s1/i15D2,16D2. The minimum absolute atomic E-state index is 0.322. The average molecular weight is 498 g/mol. The van der Waals surface area contributed by atoms with Crippen LogP contribution in [0.25, 0.3) is 5.65 Å². The summed E-state index contributed by atoms with van der Waals surface area (Å²) in [6, 6.07) is 9.67. The Morgan fingerprint density at radius 2 is 1.81 bits per heavy atom. The number of amides is 1. The van der Waals surface area contributed by atoms with Gasteiger partial charge in [0.15, 0.2) is 11.8 Å². The maximum absolute atomic E-state index is 13.5. The number of pyridine rings is 1. The van der Waals surface area contributed by atoms with Crippen LogP contribution in [-0.2, 0) is 23.8 Å². The van der Waals surface area contributed by atoms with Gasteiger partial charge in [-0.15, -0.1) is 0 Å². The quantitative estimate of drug-likeness (QED) is 0.458. The third-order valence-corrected chi connectivity index (χ3v) is 6.38. The Bertz CT molecular complexity index is 1440. The molecule has 1 aromatic carbocycles. The first-order valence-corrected chi connectivity index (χ1v) is 11.8. The average Bonchev–Trinajstić information content (AvgIpc) is 3.17. The van der Waals surface area contributed by atoms with Crippen LogP contribution in [0.2, 0.25) is 0 Å². The van der Waals surface area contributed by atoms with E-state index in [2.05, 4.69) is 0 Å². The van der Waals surface area contributed by atoms with E-state index < -0.39 is 42.8 Å². The van der Waals surface area contributed by atoms with Gasteiger partial charge >= 0.3 is 5.97 Å². The number of hydrogen-bond acceptors (Lipinski definition) is 6. The van der Waals surface area contributed by atoms with Crippen molar-refractivity contribution < 1.29 is 29.3 Å². The summed E-state index contributed by atoms with van der Waals surface area (Å²) in [6.45, 7) is 4.36. The summed E-state index contributed by atoms with van der Waals surface area (Å²) in [5, 5.41) is 0. The number of ether oxygens (including phenoxy) is 3. The van der Waals surface area contributed by atoms with Crippen LogP contribution in [0.5, 0.6) is 0 Å². The largest absolute Gasteiger partial charge is 0.456 e. The third kappa shape index (κ3) is 4.63. The van der Waals surface area contributed by atoms with Gasteiger partial charge in [-0.2, -0.15) is 0 Å². The number of hydrogen-bond donors (Lipinski definition) is 0. The predicted octanol–water partition coefficient (Wildman–Crippen LogP) is 4.72. The summed E-state index contributed by atoms with van der Waals surface area (Å²) in [5.74, 6) is -0.949. The molecule has 0 saturated carbocycles. The number of carbonyl (C=O) groups excluding carboxylic acids is 2. The van der Waals surface area contributed by atoms with Gasteiger partial charge < -0.3 is 18.6 Å². The molecule has 0 aliphatic carbocycles. The number of rotatable bonds is 6. The van der Waals surface area contributed by atoms with Crippen molar-refractivity contribution in [3.8, 4) is 0 Å². The number of fused-ring (bicyclic) bond motifs is 3. The van der Waals surface area contributed by atoms with E-state index in [0.29, 0.717) is 22.5 Å². The van der Waals surface area contributed by atoms with Gasteiger partial charge in [-0.25, -0.2) is 4.98 Å². The molecule has 0 N–H and O–H groups in total. The van der Waals surface area contributed by atoms with Gasteiger partial charge in [-0.1, -0.05) is 30.3 Å². The molecule has 1 aliphatic rings. The number of aryl methyl sites for hydroxylation is 2. The first kappa shape index (κ1) is 20.9. The zero-order valence-corrected chi connectivity index (χ0v) is 21.7. The van der Waals surface area contributed by atoms with Crippen molar-refractivity contribution in [1.29, 1.82) is 0 Å². The Kier molecular flexibility index (Phi) is 5.82. The van der Waals surface area contributed by atoms with Crippen molar-refractivity contribution in [3.63, 3.8) is 0 Å². The zero-order valence-electron chi connectivity index (χ0n) is 25.7. The van der Waals surface area contributed by atoms with E-state index in [1.807, 2.05) is 24.3 Å². The van der Waals surface area contributed by atoms with E-state index in [0.717, 1.165) is 18.5 Å². The molecule has 1 amide bonds. The molecular formula is C28H35N3O5. The number of anilines is 1. The fraction of sp³-hybridized carbons (Fsp3) is 0.464. The molecular weight excluding hydrogens is 458 g/mol. The lowest BCUT2D eigenvalue weighted by molar-refractivity contribution is -0.172. The SMILES string of the molecule is [2H]C([2H])(OC)C([2H])([2H])O[C@@H]1c2ccn3c(C)c(C)nc3c2N(C(C)=O)[C@H](c2ccccc2)[C@H]1OC(=O)C(C)(C)C. The molecule has 0 saturated heterocycles. The lowest BCUT2D eigenvalue weighted by Crippen LogP contribution is -2.50. The first-order chi connectivity index (χ1) is 18.5. The van der Waals surface area contributed by atoms with Crippen LogP contribution in [-0.4, -0.2) is 47.6 Å². The van der Waals surface area contributed by atoms with Crippen molar-refractivity contribution >= 4 is 23.2 Å². The fourth-order valence-corrected chi connectivity index (χ4v) is 4.47. The number of benzene rings is 1. The van der Waals surface area contributed by atoms with Gasteiger partial charge in [0.05, 0.1) is 35.4 Å². The topological polar surface area (TPSA) is 82.4 Å². The molecule has 8 heteroatoms. The molecule has 0 fully saturated rings. The van der Waals surface area contributed by atoms with Crippen molar-refractivity contribution in [2.24, 2.45) is 5.41 Å². The van der Waals surface area contributed by atoms with Gasteiger partial charge in [0.1, 0.15) is 12.1 Å². The summed E-state index contributed by atoms with van der Waals surface area (Å²) >= 11 is 0. The Hall–Kier alpha value is -3.23. The molecule has 4 rings (SSSR count). The monoisotopic (exact) mass is 497 g/mol. The zero-order chi connectivity index (χ0) is 29.8. The summed E-state index contributed by atoms with van der Waals surface area (Å²) < 4.78 is 51.9. The summed E-state index contributed by atoms with van der Waals surface area (Å²) in [4.78, 5) is 33.0. The fourth-order valence-electron chi connectivity index (χ4n) is 4.47. The van der Waals surface area contributed by atoms with E-state index in [1.165, 1.54) is 11.8 Å². The van der Waals surface area contributed by atoms with Crippen LogP contribution in [0.15, 0.2) is 42.6 Å². The van der Waals surface area contributed by atoms with Gasteiger partial charge in [0.25, 0.3) is 0 Å². The number of methoxy groups -OCH3 is 1. The highest BCUT2D eigenvalue weighted by molar-refractivity contribution is 5.98. The van der Waals surface area contributed by atoms with Crippen LogP contribution in [0.1, 0.15) is 67.8 Å². The molecule has 0 radical (unpaired) electrons. The molecule has 8 nitrogen and oxygen atoms in total. The molecule has 192 valence electrons.